The molecular formula is C16H18BrN3O. The molecular weight excluding hydrogens is 330 g/mol. The van der Waals surface area contributed by atoms with E-state index in [0.717, 1.165) is 42.5 Å². The van der Waals surface area contributed by atoms with Crippen molar-refractivity contribution in [2.75, 3.05) is 13.1 Å². The third-order valence-corrected chi connectivity index (χ3v) is 4.53. The Morgan fingerprint density at radius 1 is 1.24 bits per heavy atom. The van der Waals surface area contributed by atoms with E-state index in [2.05, 4.69) is 21.0 Å². The van der Waals surface area contributed by atoms with E-state index in [9.17, 15) is 4.79 Å². The second-order valence-corrected chi connectivity index (χ2v) is 6.39. The summed E-state index contributed by atoms with van der Waals surface area (Å²) in [4.78, 5) is 14.4. The monoisotopic (exact) mass is 347 g/mol. The molecule has 0 unspecified atom stereocenters. The molecule has 2 aromatic rings. The van der Waals surface area contributed by atoms with Gasteiger partial charge in [-0.3, -0.25) is 9.48 Å². The molecule has 1 aliphatic heterocycles. The Morgan fingerprint density at radius 2 is 1.95 bits per heavy atom. The van der Waals surface area contributed by atoms with Gasteiger partial charge in [-0.2, -0.15) is 5.10 Å². The van der Waals surface area contributed by atoms with Crippen LogP contribution in [-0.2, 0) is 6.54 Å². The summed E-state index contributed by atoms with van der Waals surface area (Å²) in [6.07, 6.45) is 5.90. The summed E-state index contributed by atoms with van der Waals surface area (Å²) in [6.45, 7) is 2.62. The average molecular weight is 348 g/mol. The SMILES string of the molecule is O=C(c1ccc(Br)cc1)N1CCC(Cn2cccn2)CC1. The lowest BCUT2D eigenvalue weighted by molar-refractivity contribution is 0.0681. The topological polar surface area (TPSA) is 38.1 Å². The van der Waals surface area contributed by atoms with Crippen molar-refractivity contribution in [2.45, 2.75) is 19.4 Å². The number of likely N-dealkylation sites (tertiary alicyclic amines) is 1. The molecule has 0 saturated carbocycles. The van der Waals surface area contributed by atoms with E-state index in [-0.39, 0.29) is 5.91 Å². The number of nitrogens with zero attached hydrogens (tertiary/aromatic N) is 3. The number of carbonyl (C=O) groups is 1. The number of piperidine rings is 1. The van der Waals surface area contributed by atoms with E-state index in [4.69, 9.17) is 0 Å². The summed E-state index contributed by atoms with van der Waals surface area (Å²) in [5.74, 6) is 0.749. The Hall–Kier alpha value is -1.62. The molecule has 4 nitrogen and oxygen atoms in total. The Bertz CT molecular complexity index is 586. The van der Waals surface area contributed by atoms with Crippen LogP contribution < -0.4 is 0 Å². The molecule has 110 valence electrons. The molecule has 5 heteroatoms. The van der Waals surface area contributed by atoms with Gasteiger partial charge in [-0.05, 0) is 49.1 Å². The summed E-state index contributed by atoms with van der Waals surface area (Å²) < 4.78 is 2.98. The number of hydrogen-bond acceptors (Lipinski definition) is 2. The molecule has 1 saturated heterocycles. The third kappa shape index (κ3) is 3.53. The predicted molar refractivity (Wildman–Crippen MR) is 85.0 cm³/mol. The summed E-state index contributed by atoms with van der Waals surface area (Å²) in [5.41, 5.74) is 0.767. The molecule has 1 aliphatic rings. The highest BCUT2D eigenvalue weighted by Crippen LogP contribution is 2.21. The van der Waals surface area contributed by atoms with Gasteiger partial charge in [-0.15, -0.1) is 0 Å². The van der Waals surface area contributed by atoms with Crippen molar-refractivity contribution in [1.29, 1.82) is 0 Å². The second-order valence-electron chi connectivity index (χ2n) is 5.47. The van der Waals surface area contributed by atoms with Crippen LogP contribution >= 0.6 is 15.9 Å². The first kappa shape index (κ1) is 14.3. The minimum Gasteiger partial charge on any atom is -0.339 e. The number of hydrogen-bond donors (Lipinski definition) is 0. The van der Waals surface area contributed by atoms with Gasteiger partial charge in [0.15, 0.2) is 0 Å². The Balaban J connectivity index is 1.55. The van der Waals surface area contributed by atoms with E-state index in [0.29, 0.717) is 5.92 Å². The second kappa shape index (κ2) is 6.43. The first-order chi connectivity index (χ1) is 10.2. The standard InChI is InChI=1S/C16H18BrN3O/c17-15-4-2-14(3-5-15)16(21)19-10-6-13(7-11-19)12-20-9-1-8-18-20/h1-5,8-9,13H,6-7,10-12H2. The van der Waals surface area contributed by atoms with Crippen LogP contribution in [0, 0.1) is 5.92 Å². The summed E-state index contributed by atoms with van der Waals surface area (Å²) in [5, 5.41) is 4.25. The van der Waals surface area contributed by atoms with E-state index >= 15 is 0 Å². The van der Waals surface area contributed by atoms with Gasteiger partial charge in [0, 0.05) is 42.1 Å². The number of amides is 1. The summed E-state index contributed by atoms with van der Waals surface area (Å²) in [7, 11) is 0. The van der Waals surface area contributed by atoms with Crippen LogP contribution in [0.3, 0.4) is 0 Å². The lowest BCUT2D eigenvalue weighted by Crippen LogP contribution is -2.39. The van der Waals surface area contributed by atoms with E-state index < -0.39 is 0 Å². The first-order valence-corrected chi connectivity index (χ1v) is 8.04. The minimum absolute atomic E-state index is 0.139. The van der Waals surface area contributed by atoms with Crippen molar-refractivity contribution in [2.24, 2.45) is 5.92 Å². The van der Waals surface area contributed by atoms with Gasteiger partial charge in [0.1, 0.15) is 0 Å². The fraction of sp³-hybridized carbons (Fsp3) is 0.375. The van der Waals surface area contributed by atoms with E-state index in [1.54, 1.807) is 0 Å². The fourth-order valence-electron chi connectivity index (χ4n) is 2.77. The maximum atomic E-state index is 12.4. The first-order valence-electron chi connectivity index (χ1n) is 7.24. The minimum atomic E-state index is 0.139. The number of carbonyl (C=O) groups excluding carboxylic acids is 1. The van der Waals surface area contributed by atoms with Crippen LogP contribution in [0.5, 0.6) is 0 Å². The van der Waals surface area contributed by atoms with Crippen molar-refractivity contribution >= 4 is 21.8 Å². The Morgan fingerprint density at radius 3 is 2.57 bits per heavy atom. The molecule has 1 aromatic heterocycles. The van der Waals surface area contributed by atoms with Gasteiger partial charge in [0.05, 0.1) is 0 Å². The highest BCUT2D eigenvalue weighted by Gasteiger charge is 2.23. The van der Waals surface area contributed by atoms with Crippen molar-refractivity contribution < 1.29 is 4.79 Å². The van der Waals surface area contributed by atoms with Crippen molar-refractivity contribution in [3.8, 4) is 0 Å². The lowest BCUT2D eigenvalue weighted by Gasteiger charge is -2.32. The smallest absolute Gasteiger partial charge is 0.253 e. The average Bonchev–Trinajstić information content (AvgIpc) is 3.01. The van der Waals surface area contributed by atoms with Crippen LogP contribution in [-0.4, -0.2) is 33.7 Å². The van der Waals surface area contributed by atoms with Crippen LogP contribution in [0.25, 0.3) is 0 Å². The quantitative estimate of drug-likeness (QED) is 0.854. The van der Waals surface area contributed by atoms with Gasteiger partial charge < -0.3 is 4.90 Å². The molecule has 1 amide bonds. The molecule has 0 radical (unpaired) electrons. The zero-order valence-corrected chi connectivity index (χ0v) is 13.4. The maximum absolute atomic E-state index is 12.4. The van der Waals surface area contributed by atoms with Crippen LogP contribution in [0.15, 0.2) is 47.2 Å². The zero-order valence-electron chi connectivity index (χ0n) is 11.8. The molecule has 0 atom stereocenters. The molecule has 0 aliphatic carbocycles. The molecule has 1 fully saturated rings. The molecule has 1 aromatic carbocycles. The van der Waals surface area contributed by atoms with E-state index in [1.807, 2.05) is 52.3 Å². The van der Waals surface area contributed by atoms with Gasteiger partial charge in [0.25, 0.3) is 5.91 Å². The summed E-state index contributed by atoms with van der Waals surface area (Å²) in [6, 6.07) is 9.53. The normalized spacial score (nSPS) is 16.1. The van der Waals surface area contributed by atoms with Crippen LogP contribution in [0.1, 0.15) is 23.2 Å². The van der Waals surface area contributed by atoms with Crippen molar-refractivity contribution in [3.63, 3.8) is 0 Å². The summed E-state index contributed by atoms with van der Waals surface area (Å²) >= 11 is 3.39. The van der Waals surface area contributed by atoms with Gasteiger partial charge in [0.2, 0.25) is 0 Å². The van der Waals surface area contributed by atoms with Crippen molar-refractivity contribution in [3.05, 3.63) is 52.8 Å². The maximum Gasteiger partial charge on any atom is 0.253 e. The third-order valence-electron chi connectivity index (χ3n) is 4.00. The molecule has 0 bridgehead atoms. The van der Waals surface area contributed by atoms with E-state index in [1.165, 1.54) is 0 Å². The van der Waals surface area contributed by atoms with Gasteiger partial charge in [-0.25, -0.2) is 0 Å². The molecule has 3 rings (SSSR count). The van der Waals surface area contributed by atoms with Gasteiger partial charge >= 0.3 is 0 Å². The van der Waals surface area contributed by atoms with Crippen LogP contribution in [0.4, 0.5) is 0 Å². The van der Waals surface area contributed by atoms with Gasteiger partial charge in [-0.1, -0.05) is 15.9 Å². The highest BCUT2D eigenvalue weighted by atomic mass is 79.9. The molecule has 21 heavy (non-hydrogen) atoms. The molecule has 2 heterocycles. The number of benzene rings is 1. The number of aromatic nitrogens is 2. The predicted octanol–water partition coefficient (Wildman–Crippen LogP) is 3.20. The van der Waals surface area contributed by atoms with Crippen molar-refractivity contribution in [1.82, 2.24) is 14.7 Å². The lowest BCUT2D eigenvalue weighted by atomic mass is 9.96. The number of rotatable bonds is 3. The fourth-order valence-corrected chi connectivity index (χ4v) is 3.03. The number of halogens is 1. The largest absolute Gasteiger partial charge is 0.339 e. The molecule has 0 spiro atoms. The Labute approximate surface area is 132 Å². The zero-order chi connectivity index (χ0) is 14.7. The highest BCUT2D eigenvalue weighted by molar-refractivity contribution is 9.10. The molecule has 0 N–H and O–H groups in total. The van der Waals surface area contributed by atoms with Crippen LogP contribution in [0.2, 0.25) is 0 Å². The Kier molecular flexibility index (Phi) is 4.39.